The van der Waals surface area contributed by atoms with Gasteiger partial charge in [-0.2, -0.15) is 5.10 Å². The lowest BCUT2D eigenvalue weighted by molar-refractivity contribution is -0.129. The summed E-state index contributed by atoms with van der Waals surface area (Å²) in [5, 5.41) is 6.99. The number of hydrogen-bond acceptors (Lipinski definition) is 6. The number of amides is 1. The van der Waals surface area contributed by atoms with Crippen LogP contribution in [0.4, 0.5) is 8.78 Å². The maximum atomic E-state index is 13.5. The molecule has 1 aromatic carbocycles. The number of aromatic nitrogens is 3. The summed E-state index contributed by atoms with van der Waals surface area (Å²) in [6.07, 6.45) is 2.13. The molecule has 1 fully saturated rings. The first-order valence-electron chi connectivity index (χ1n) is 10.1. The zero-order chi connectivity index (χ0) is 22.5. The summed E-state index contributed by atoms with van der Waals surface area (Å²) in [6, 6.07) is 9.79. The van der Waals surface area contributed by atoms with E-state index in [9.17, 15) is 13.6 Å². The normalized spacial score (nSPS) is 20.7. The highest BCUT2D eigenvalue weighted by Gasteiger charge is 2.50. The quantitative estimate of drug-likeness (QED) is 0.615. The van der Waals surface area contributed by atoms with Gasteiger partial charge < -0.3 is 10.5 Å². The van der Waals surface area contributed by atoms with Gasteiger partial charge in [0.15, 0.2) is 11.5 Å². The van der Waals surface area contributed by atoms with Crippen LogP contribution in [0, 0.1) is 0 Å². The van der Waals surface area contributed by atoms with Crippen molar-refractivity contribution in [1.82, 2.24) is 20.1 Å². The highest BCUT2D eigenvalue weighted by atomic mass is 19.3. The Morgan fingerprint density at radius 3 is 2.66 bits per heavy atom. The predicted octanol–water partition coefficient (Wildman–Crippen LogP) is 2.98. The number of nitrogens with two attached hydrogens (primary N) is 1. The van der Waals surface area contributed by atoms with E-state index in [-0.39, 0.29) is 17.6 Å². The summed E-state index contributed by atoms with van der Waals surface area (Å²) < 4.78 is 32.9. The second kappa shape index (κ2) is 7.40. The van der Waals surface area contributed by atoms with Gasteiger partial charge in [0.2, 0.25) is 0 Å². The third kappa shape index (κ3) is 3.28. The molecule has 3 aromatic rings. The molecular weight excluding hydrogens is 418 g/mol. The summed E-state index contributed by atoms with van der Waals surface area (Å²) in [4.78, 5) is 23.0. The number of benzene rings is 1. The van der Waals surface area contributed by atoms with Crippen molar-refractivity contribution < 1.29 is 18.3 Å². The lowest BCUT2D eigenvalue weighted by Gasteiger charge is -2.27. The first-order valence-corrected chi connectivity index (χ1v) is 10.1. The molecule has 1 aliphatic carbocycles. The van der Waals surface area contributed by atoms with Crippen molar-refractivity contribution >= 4 is 11.9 Å². The number of pyridine rings is 1. The van der Waals surface area contributed by atoms with Gasteiger partial charge in [-0.1, -0.05) is 0 Å². The summed E-state index contributed by atoms with van der Waals surface area (Å²) >= 11 is 0. The number of halogens is 2. The van der Waals surface area contributed by atoms with E-state index in [1.807, 2.05) is 6.07 Å². The molecule has 0 spiro atoms. The topological polar surface area (TPSA) is 109 Å². The minimum atomic E-state index is -2.80. The number of carbonyl (C=O) groups is 1. The second-order valence-electron chi connectivity index (χ2n) is 7.84. The van der Waals surface area contributed by atoms with Gasteiger partial charge >= 0.3 is 0 Å². The molecule has 1 unspecified atom stereocenters. The molecule has 0 saturated heterocycles. The van der Waals surface area contributed by atoms with Crippen LogP contribution in [0.5, 0.6) is 5.75 Å². The molecule has 2 aliphatic rings. The van der Waals surface area contributed by atoms with Crippen molar-refractivity contribution in [2.75, 3.05) is 7.05 Å². The number of ether oxygens (including phenoxy) is 1. The largest absolute Gasteiger partial charge is 0.490 e. The third-order valence-electron chi connectivity index (χ3n) is 5.61. The molecule has 2 aromatic heterocycles. The number of hydrogen-bond donors (Lipinski definition) is 2. The molecule has 32 heavy (non-hydrogen) atoms. The number of guanidine groups is 1. The number of nitrogens with one attached hydrogen (secondary N) is 1. The van der Waals surface area contributed by atoms with E-state index in [4.69, 9.17) is 10.5 Å². The number of aromatic amines is 1. The number of aliphatic imine (C=N–C) groups is 1. The van der Waals surface area contributed by atoms with Gasteiger partial charge in [-0.3, -0.25) is 19.8 Å². The van der Waals surface area contributed by atoms with Gasteiger partial charge in [0.25, 0.3) is 12.3 Å². The molecule has 1 saturated carbocycles. The Labute approximate surface area is 182 Å². The van der Waals surface area contributed by atoms with Crippen molar-refractivity contribution in [2.45, 2.75) is 30.9 Å². The highest BCUT2D eigenvalue weighted by molar-refractivity contribution is 6.09. The molecule has 0 bridgehead atoms. The van der Waals surface area contributed by atoms with Gasteiger partial charge in [-0.05, 0) is 60.4 Å². The molecule has 1 aliphatic heterocycles. The van der Waals surface area contributed by atoms with Gasteiger partial charge in [0, 0.05) is 25.0 Å². The smallest absolute Gasteiger partial charge is 0.280 e. The van der Waals surface area contributed by atoms with Crippen LogP contribution in [0.15, 0.2) is 53.8 Å². The van der Waals surface area contributed by atoms with Crippen LogP contribution in [-0.4, -0.2) is 45.1 Å². The molecular formula is C22H20F2N6O2. The minimum absolute atomic E-state index is 0.0137. The second-order valence-corrected chi connectivity index (χ2v) is 7.84. The van der Waals surface area contributed by atoms with E-state index in [2.05, 4.69) is 20.2 Å². The van der Waals surface area contributed by atoms with Crippen molar-refractivity contribution in [3.63, 3.8) is 0 Å². The van der Waals surface area contributed by atoms with Crippen molar-refractivity contribution in [2.24, 2.45) is 10.7 Å². The van der Waals surface area contributed by atoms with E-state index < -0.39 is 23.6 Å². The number of nitrogens with zero attached hydrogens (tertiary/aromatic N) is 4. The molecule has 0 radical (unpaired) electrons. The van der Waals surface area contributed by atoms with Crippen LogP contribution in [0.1, 0.15) is 36.1 Å². The zero-order valence-electron chi connectivity index (χ0n) is 17.1. The third-order valence-corrected chi connectivity index (χ3v) is 5.61. The van der Waals surface area contributed by atoms with Gasteiger partial charge in [-0.15, -0.1) is 0 Å². The fourth-order valence-corrected chi connectivity index (χ4v) is 3.80. The van der Waals surface area contributed by atoms with E-state index in [0.29, 0.717) is 22.6 Å². The van der Waals surface area contributed by atoms with Crippen LogP contribution in [0.3, 0.4) is 0 Å². The Bertz CT molecular complexity index is 1210. The lowest BCUT2D eigenvalue weighted by atomic mass is 9.82. The van der Waals surface area contributed by atoms with E-state index in [0.717, 1.165) is 12.8 Å². The molecule has 10 heteroatoms. The van der Waals surface area contributed by atoms with E-state index >= 15 is 0 Å². The fraction of sp³-hybridized carbons (Fsp3) is 0.273. The molecule has 1 amide bonds. The van der Waals surface area contributed by atoms with Crippen LogP contribution < -0.4 is 10.5 Å². The SMILES string of the molecule is CN1C(=O)C(c2cc(OC3CC3)cc(-c3cc[nH]n3)c2)(c2ccnc(C(F)F)c2)N=C1N. The maximum Gasteiger partial charge on any atom is 0.280 e. The number of carbonyl (C=O) groups excluding carboxylic acids is 1. The monoisotopic (exact) mass is 438 g/mol. The predicted molar refractivity (Wildman–Crippen MR) is 112 cm³/mol. The molecule has 1 atom stereocenters. The maximum absolute atomic E-state index is 13.5. The lowest BCUT2D eigenvalue weighted by Crippen LogP contribution is -2.41. The van der Waals surface area contributed by atoms with Crippen molar-refractivity contribution in [3.05, 3.63) is 65.6 Å². The van der Waals surface area contributed by atoms with Crippen molar-refractivity contribution in [3.8, 4) is 17.0 Å². The van der Waals surface area contributed by atoms with Gasteiger partial charge in [0.1, 0.15) is 11.4 Å². The van der Waals surface area contributed by atoms with Crippen LogP contribution in [0.25, 0.3) is 11.3 Å². The minimum Gasteiger partial charge on any atom is -0.490 e. The van der Waals surface area contributed by atoms with E-state index in [1.54, 1.807) is 24.4 Å². The molecule has 5 rings (SSSR count). The number of H-pyrrole nitrogens is 1. The fourth-order valence-electron chi connectivity index (χ4n) is 3.80. The Morgan fingerprint density at radius 1 is 1.22 bits per heavy atom. The number of rotatable bonds is 6. The Morgan fingerprint density at radius 2 is 2.03 bits per heavy atom. The summed E-state index contributed by atoms with van der Waals surface area (Å²) in [5.41, 5.74) is 5.94. The first-order chi connectivity index (χ1) is 15.4. The molecule has 3 N–H and O–H groups in total. The molecule has 8 nitrogen and oxygen atoms in total. The first kappa shape index (κ1) is 20.1. The summed E-state index contributed by atoms with van der Waals surface area (Å²) in [6.45, 7) is 0. The Balaban J connectivity index is 1.75. The standard InChI is InChI=1S/C22H20F2N6O2/c1-30-20(31)22(28-21(30)25,13-4-6-26-18(11-13)19(23)24)14-8-12(17-5-7-27-29-17)9-16(10-14)32-15-2-3-15/h4-11,15,19H,2-3H2,1H3,(H2,25,28)(H,27,29). The average molecular weight is 438 g/mol. The van der Waals surface area contributed by atoms with Gasteiger partial charge in [-0.25, -0.2) is 13.8 Å². The van der Waals surface area contributed by atoms with E-state index in [1.165, 1.54) is 30.3 Å². The summed E-state index contributed by atoms with van der Waals surface area (Å²) in [7, 11) is 1.50. The zero-order valence-corrected chi connectivity index (χ0v) is 17.1. The Kier molecular flexibility index (Phi) is 4.65. The summed E-state index contributed by atoms with van der Waals surface area (Å²) in [5.74, 6) is 0.0693. The number of alkyl halides is 2. The van der Waals surface area contributed by atoms with Gasteiger partial charge in [0.05, 0.1) is 11.8 Å². The van der Waals surface area contributed by atoms with Crippen molar-refractivity contribution in [1.29, 1.82) is 0 Å². The molecule has 3 heterocycles. The number of likely N-dealkylation sites (N-methyl/N-ethyl adjacent to an activating group) is 1. The van der Waals surface area contributed by atoms with Crippen LogP contribution >= 0.6 is 0 Å². The van der Waals surface area contributed by atoms with Crippen LogP contribution in [0.2, 0.25) is 0 Å². The Hall–Kier alpha value is -3.82. The molecule has 164 valence electrons. The van der Waals surface area contributed by atoms with Crippen LogP contribution in [-0.2, 0) is 10.3 Å². The highest BCUT2D eigenvalue weighted by Crippen LogP contribution is 2.43. The average Bonchev–Trinajstić information content (AvgIpc) is 3.36.